The van der Waals surface area contributed by atoms with E-state index in [1.807, 2.05) is 0 Å². The van der Waals surface area contributed by atoms with Crippen molar-refractivity contribution in [2.75, 3.05) is 0 Å². The Labute approximate surface area is 185 Å². The molecule has 1 aliphatic rings. The lowest BCUT2D eigenvalue weighted by Crippen LogP contribution is -2.27. The van der Waals surface area contributed by atoms with Crippen LogP contribution < -0.4 is 0 Å². The zero-order chi connectivity index (χ0) is 23.3. The Kier molecular flexibility index (Phi) is 6.23. The van der Waals surface area contributed by atoms with Crippen molar-refractivity contribution in [2.45, 2.75) is 93.9 Å². The van der Waals surface area contributed by atoms with Crippen LogP contribution in [0.25, 0.3) is 6.08 Å². The van der Waals surface area contributed by atoms with Crippen molar-refractivity contribution in [1.82, 2.24) is 0 Å². The number of Topliss-reactive ketones (excluding diaryl/α,β-unsaturated/α-hetero) is 1. The molecule has 0 saturated heterocycles. The van der Waals surface area contributed by atoms with Crippen LogP contribution in [0.15, 0.2) is 47.1 Å². The summed E-state index contributed by atoms with van der Waals surface area (Å²) in [6, 6.07) is 6.95. The molecule has 0 heterocycles. The maximum Gasteiger partial charge on any atom is 0.186 e. The second-order valence-electron chi connectivity index (χ2n) is 12.9. The first-order valence-electron chi connectivity index (χ1n) is 11.2. The van der Waals surface area contributed by atoms with E-state index in [4.69, 9.17) is 0 Å². The molecule has 0 fully saturated rings. The quantitative estimate of drug-likeness (QED) is 0.459. The zero-order valence-electron chi connectivity index (χ0n) is 21.4. The molecular weight excluding hydrogens is 364 g/mol. The molecule has 0 atom stereocenters. The molecular formula is C29H42O. The van der Waals surface area contributed by atoms with Crippen LogP contribution in [0.2, 0.25) is 0 Å². The van der Waals surface area contributed by atoms with Crippen molar-refractivity contribution >= 4 is 11.9 Å². The zero-order valence-corrected chi connectivity index (χ0v) is 21.4. The van der Waals surface area contributed by atoms with Crippen LogP contribution in [0.1, 0.15) is 99.8 Å². The molecule has 0 aliphatic heterocycles. The van der Waals surface area contributed by atoms with E-state index in [0.717, 1.165) is 16.7 Å². The molecule has 164 valence electrons. The second kappa shape index (κ2) is 7.66. The van der Waals surface area contributed by atoms with Gasteiger partial charge >= 0.3 is 0 Å². The van der Waals surface area contributed by atoms with Crippen LogP contribution in [0.3, 0.4) is 0 Å². The average molecular weight is 407 g/mol. The summed E-state index contributed by atoms with van der Waals surface area (Å²) in [5.41, 5.74) is 6.55. The van der Waals surface area contributed by atoms with Gasteiger partial charge in [-0.1, -0.05) is 101 Å². The third-order valence-electron chi connectivity index (χ3n) is 5.75. The van der Waals surface area contributed by atoms with E-state index in [-0.39, 0.29) is 27.4 Å². The first-order valence-corrected chi connectivity index (χ1v) is 11.2. The summed E-state index contributed by atoms with van der Waals surface area (Å²) >= 11 is 0. The molecule has 0 aromatic heterocycles. The highest BCUT2D eigenvalue weighted by atomic mass is 16.1. The first-order chi connectivity index (χ1) is 13.3. The fourth-order valence-electron chi connectivity index (χ4n) is 3.64. The van der Waals surface area contributed by atoms with Gasteiger partial charge in [0, 0.05) is 11.1 Å². The van der Waals surface area contributed by atoms with Gasteiger partial charge in [-0.3, -0.25) is 4.79 Å². The highest BCUT2D eigenvalue weighted by Crippen LogP contribution is 2.39. The van der Waals surface area contributed by atoms with E-state index in [0.29, 0.717) is 0 Å². The van der Waals surface area contributed by atoms with Crippen molar-refractivity contribution < 1.29 is 4.79 Å². The summed E-state index contributed by atoms with van der Waals surface area (Å²) in [7, 11) is 0. The summed E-state index contributed by atoms with van der Waals surface area (Å²) < 4.78 is 0. The molecule has 0 saturated carbocycles. The first kappa shape index (κ1) is 24.4. The molecule has 0 unspecified atom stereocenters. The van der Waals surface area contributed by atoms with Crippen LogP contribution in [0.5, 0.6) is 0 Å². The molecule has 0 bridgehead atoms. The summed E-state index contributed by atoms with van der Waals surface area (Å²) in [6.07, 6.45) is 6.44. The molecule has 1 heteroatoms. The van der Waals surface area contributed by atoms with Crippen LogP contribution in [-0.4, -0.2) is 5.78 Å². The molecule has 1 aromatic carbocycles. The van der Waals surface area contributed by atoms with E-state index in [1.54, 1.807) is 0 Å². The molecule has 0 amide bonds. The van der Waals surface area contributed by atoms with E-state index < -0.39 is 0 Å². The Morgan fingerprint density at radius 2 is 0.933 bits per heavy atom. The van der Waals surface area contributed by atoms with Crippen molar-refractivity contribution in [3.63, 3.8) is 0 Å². The van der Waals surface area contributed by atoms with E-state index in [1.165, 1.54) is 16.7 Å². The van der Waals surface area contributed by atoms with Gasteiger partial charge in [0.05, 0.1) is 0 Å². The van der Waals surface area contributed by atoms with Gasteiger partial charge in [0.2, 0.25) is 0 Å². The predicted molar refractivity (Wildman–Crippen MR) is 132 cm³/mol. The van der Waals surface area contributed by atoms with Gasteiger partial charge in [0.25, 0.3) is 0 Å². The fourth-order valence-corrected chi connectivity index (χ4v) is 3.64. The highest BCUT2D eigenvalue weighted by Gasteiger charge is 2.34. The number of ketones is 1. The van der Waals surface area contributed by atoms with Crippen molar-refractivity contribution in [3.8, 4) is 0 Å². The second-order valence-corrected chi connectivity index (χ2v) is 12.9. The number of rotatable bonds is 1. The number of hydrogen-bond acceptors (Lipinski definition) is 1. The van der Waals surface area contributed by atoms with E-state index in [9.17, 15) is 4.79 Å². The highest BCUT2D eigenvalue weighted by molar-refractivity contribution is 6.12. The van der Waals surface area contributed by atoms with Gasteiger partial charge in [0.1, 0.15) is 0 Å². The maximum absolute atomic E-state index is 13.2. The SMILES string of the molecule is CC(C)(C)C1=CC(=Cc2cc(C(C)(C)C)cc(C(C)(C)C)c2)C=C(C(C)(C)C)C1=O. The maximum atomic E-state index is 13.2. The number of benzene rings is 1. The lowest BCUT2D eigenvalue weighted by molar-refractivity contribution is -0.114. The molecule has 0 radical (unpaired) electrons. The Morgan fingerprint density at radius 1 is 0.567 bits per heavy atom. The van der Waals surface area contributed by atoms with Crippen LogP contribution in [0.4, 0.5) is 0 Å². The molecule has 0 spiro atoms. The van der Waals surface area contributed by atoms with Gasteiger partial charge in [-0.15, -0.1) is 0 Å². The van der Waals surface area contributed by atoms with Crippen LogP contribution >= 0.6 is 0 Å². The van der Waals surface area contributed by atoms with E-state index >= 15 is 0 Å². The van der Waals surface area contributed by atoms with Crippen LogP contribution in [-0.2, 0) is 15.6 Å². The van der Waals surface area contributed by atoms with Gasteiger partial charge in [-0.2, -0.15) is 0 Å². The number of carbonyl (C=O) groups is 1. The topological polar surface area (TPSA) is 17.1 Å². The lowest BCUT2D eigenvalue weighted by Gasteiger charge is -2.31. The normalized spacial score (nSPS) is 16.4. The molecule has 30 heavy (non-hydrogen) atoms. The monoisotopic (exact) mass is 406 g/mol. The Bertz CT molecular complexity index is 852. The smallest absolute Gasteiger partial charge is 0.186 e. The summed E-state index contributed by atoms with van der Waals surface area (Å²) in [5, 5.41) is 0. The minimum Gasteiger partial charge on any atom is -0.289 e. The van der Waals surface area contributed by atoms with Crippen molar-refractivity contribution in [3.05, 3.63) is 63.8 Å². The van der Waals surface area contributed by atoms with Crippen molar-refractivity contribution in [1.29, 1.82) is 0 Å². The average Bonchev–Trinajstić information content (AvgIpc) is 2.52. The summed E-state index contributed by atoms with van der Waals surface area (Å²) in [5.74, 6) is 0.186. The van der Waals surface area contributed by atoms with E-state index in [2.05, 4.69) is 120 Å². The minimum absolute atomic E-state index is 0.0792. The molecule has 2 rings (SSSR count). The largest absolute Gasteiger partial charge is 0.289 e. The molecule has 0 N–H and O–H groups in total. The lowest BCUT2D eigenvalue weighted by atomic mass is 9.71. The van der Waals surface area contributed by atoms with Gasteiger partial charge in [0.15, 0.2) is 5.78 Å². The number of allylic oxidation sites excluding steroid dienone is 5. The summed E-state index contributed by atoms with van der Waals surface area (Å²) in [4.78, 5) is 13.2. The predicted octanol–water partition coefficient (Wildman–Crippen LogP) is 8.19. The minimum atomic E-state index is -0.190. The fraction of sp³-hybridized carbons (Fsp3) is 0.552. The standard InChI is InChI=1S/C29H42O/c1-26(2,3)21-14-19(15-22(18-21)27(4,5)6)13-20-16-23(28(7,8)9)25(30)24(17-20)29(10,11)12/h13-18H,1-12H3. The van der Waals surface area contributed by atoms with Crippen molar-refractivity contribution in [2.24, 2.45) is 10.8 Å². The van der Waals surface area contributed by atoms with Crippen LogP contribution in [0, 0.1) is 10.8 Å². The van der Waals surface area contributed by atoms with Gasteiger partial charge in [-0.05, 0) is 62.2 Å². The Balaban J connectivity index is 2.74. The number of carbonyl (C=O) groups excluding carboxylic acids is 1. The Morgan fingerprint density at radius 3 is 1.23 bits per heavy atom. The van der Waals surface area contributed by atoms with Gasteiger partial charge < -0.3 is 0 Å². The molecule has 1 aliphatic carbocycles. The third-order valence-corrected chi connectivity index (χ3v) is 5.75. The molecule has 1 nitrogen and oxygen atoms in total. The number of hydrogen-bond donors (Lipinski definition) is 0. The molecule has 1 aromatic rings. The third kappa shape index (κ3) is 5.62. The Hall–Kier alpha value is -1.89. The van der Waals surface area contributed by atoms with Gasteiger partial charge in [-0.25, -0.2) is 0 Å². The summed E-state index contributed by atoms with van der Waals surface area (Å²) in [6.45, 7) is 26.3.